The summed E-state index contributed by atoms with van der Waals surface area (Å²) in [5.41, 5.74) is 2.00. The van der Waals surface area contributed by atoms with Gasteiger partial charge in [0.15, 0.2) is 0 Å². The summed E-state index contributed by atoms with van der Waals surface area (Å²) in [6.07, 6.45) is 3.30. The highest BCUT2D eigenvalue weighted by molar-refractivity contribution is 7.09. The second-order valence-corrected chi connectivity index (χ2v) is 7.96. The van der Waals surface area contributed by atoms with Gasteiger partial charge < -0.3 is 14.4 Å². The maximum absolute atomic E-state index is 13.0. The minimum Gasteiger partial charge on any atom is -0.381 e. The van der Waals surface area contributed by atoms with Gasteiger partial charge in [0.1, 0.15) is 0 Å². The number of nitrogens with zero attached hydrogens (tertiary/aromatic N) is 4. The molecule has 1 atom stereocenters. The zero-order valence-corrected chi connectivity index (χ0v) is 15.8. The Morgan fingerprint density at radius 3 is 3.00 bits per heavy atom. The van der Waals surface area contributed by atoms with Crippen LogP contribution in [0.15, 0.2) is 17.6 Å². The molecule has 2 aliphatic rings. The van der Waals surface area contributed by atoms with Crippen molar-refractivity contribution in [3.63, 3.8) is 0 Å². The van der Waals surface area contributed by atoms with Crippen molar-refractivity contribution in [1.29, 1.82) is 0 Å². The van der Waals surface area contributed by atoms with Crippen molar-refractivity contribution in [2.75, 3.05) is 19.8 Å². The van der Waals surface area contributed by atoms with Crippen molar-refractivity contribution in [2.24, 2.45) is 5.92 Å². The molecule has 8 heteroatoms. The highest BCUT2D eigenvalue weighted by Crippen LogP contribution is 2.22. The van der Waals surface area contributed by atoms with Crippen LogP contribution in [0, 0.1) is 12.8 Å². The van der Waals surface area contributed by atoms with Crippen molar-refractivity contribution in [3.8, 4) is 0 Å². The lowest BCUT2D eigenvalue weighted by atomic mass is 9.98. The highest BCUT2D eigenvalue weighted by Gasteiger charge is 2.31. The monoisotopic (exact) mass is 376 g/mol. The van der Waals surface area contributed by atoms with Crippen molar-refractivity contribution in [3.05, 3.63) is 34.0 Å². The number of rotatable bonds is 4. The number of hydrogen-bond donors (Lipinski definition) is 0. The SMILES string of the molecule is Cc1nc(COC2CN(C(=O)C3CCOCC3)Cc3ccnn3C2)cs1. The van der Waals surface area contributed by atoms with Crippen LogP contribution in [0.4, 0.5) is 0 Å². The van der Waals surface area contributed by atoms with E-state index in [0.717, 1.165) is 29.2 Å². The van der Waals surface area contributed by atoms with Crippen LogP contribution in [0.3, 0.4) is 0 Å². The largest absolute Gasteiger partial charge is 0.381 e. The van der Waals surface area contributed by atoms with Gasteiger partial charge in [-0.3, -0.25) is 9.48 Å². The number of carbonyl (C=O) groups is 1. The molecular weight excluding hydrogens is 352 g/mol. The number of thiazole rings is 1. The van der Waals surface area contributed by atoms with Crippen LogP contribution in [0.1, 0.15) is 29.2 Å². The molecule has 0 saturated carbocycles. The summed E-state index contributed by atoms with van der Waals surface area (Å²) in [6.45, 7) is 5.63. The van der Waals surface area contributed by atoms with E-state index < -0.39 is 0 Å². The topological polar surface area (TPSA) is 69.5 Å². The van der Waals surface area contributed by atoms with Crippen LogP contribution >= 0.6 is 11.3 Å². The third-order valence-electron chi connectivity index (χ3n) is 4.97. The molecule has 26 heavy (non-hydrogen) atoms. The Kier molecular flexibility index (Phi) is 5.33. The average Bonchev–Trinajstić information content (AvgIpc) is 3.24. The maximum atomic E-state index is 13.0. The molecule has 7 nitrogen and oxygen atoms in total. The van der Waals surface area contributed by atoms with E-state index in [1.54, 1.807) is 17.5 Å². The normalized spacial score (nSPS) is 21.4. The molecule has 0 aliphatic carbocycles. The maximum Gasteiger partial charge on any atom is 0.226 e. The molecule has 0 N–H and O–H groups in total. The lowest BCUT2D eigenvalue weighted by Crippen LogP contribution is -2.42. The molecule has 0 bridgehead atoms. The van der Waals surface area contributed by atoms with Gasteiger partial charge in [-0.1, -0.05) is 0 Å². The smallest absolute Gasteiger partial charge is 0.226 e. The van der Waals surface area contributed by atoms with E-state index >= 15 is 0 Å². The first-order chi connectivity index (χ1) is 12.7. The van der Waals surface area contributed by atoms with E-state index in [0.29, 0.717) is 39.5 Å². The Bertz CT molecular complexity index is 753. The zero-order chi connectivity index (χ0) is 17.9. The van der Waals surface area contributed by atoms with Crippen LogP contribution < -0.4 is 0 Å². The summed E-state index contributed by atoms with van der Waals surface area (Å²) < 4.78 is 13.5. The molecule has 2 aromatic rings. The molecule has 4 rings (SSSR count). The molecule has 1 amide bonds. The van der Waals surface area contributed by atoms with Gasteiger partial charge in [-0.25, -0.2) is 4.98 Å². The first-order valence-corrected chi connectivity index (χ1v) is 9.97. The fraction of sp³-hybridized carbons (Fsp3) is 0.611. The number of hydrogen-bond acceptors (Lipinski definition) is 6. The molecule has 2 aromatic heterocycles. The zero-order valence-electron chi connectivity index (χ0n) is 15.0. The Morgan fingerprint density at radius 2 is 2.23 bits per heavy atom. The van der Waals surface area contributed by atoms with E-state index in [9.17, 15) is 4.79 Å². The standard InChI is InChI=1S/C18H24N4O3S/c1-13-20-15(12-26-13)11-25-17-9-21(8-16-2-5-19-22(16)10-17)18(23)14-3-6-24-7-4-14/h2,5,12,14,17H,3-4,6-11H2,1H3. The highest BCUT2D eigenvalue weighted by atomic mass is 32.1. The van der Waals surface area contributed by atoms with Gasteiger partial charge in [-0.15, -0.1) is 11.3 Å². The van der Waals surface area contributed by atoms with Gasteiger partial charge >= 0.3 is 0 Å². The van der Waals surface area contributed by atoms with Gasteiger partial charge in [0.2, 0.25) is 5.91 Å². The fourth-order valence-corrected chi connectivity index (χ4v) is 4.17. The van der Waals surface area contributed by atoms with Crippen molar-refractivity contribution in [1.82, 2.24) is 19.7 Å². The third kappa shape index (κ3) is 3.97. The summed E-state index contributed by atoms with van der Waals surface area (Å²) in [7, 11) is 0. The summed E-state index contributed by atoms with van der Waals surface area (Å²) >= 11 is 1.62. The summed E-state index contributed by atoms with van der Waals surface area (Å²) in [5.74, 6) is 0.265. The van der Waals surface area contributed by atoms with Crippen molar-refractivity contribution in [2.45, 2.75) is 45.6 Å². The molecule has 4 heterocycles. The van der Waals surface area contributed by atoms with Crippen LogP contribution in [-0.4, -0.2) is 51.4 Å². The minimum absolute atomic E-state index is 0.0556. The van der Waals surface area contributed by atoms with E-state index in [-0.39, 0.29) is 17.9 Å². The van der Waals surface area contributed by atoms with Crippen LogP contribution in [0.25, 0.3) is 0 Å². The number of aromatic nitrogens is 3. The Morgan fingerprint density at radius 1 is 1.38 bits per heavy atom. The minimum atomic E-state index is -0.0954. The molecule has 1 unspecified atom stereocenters. The van der Waals surface area contributed by atoms with Gasteiger partial charge in [0, 0.05) is 37.3 Å². The fourth-order valence-electron chi connectivity index (χ4n) is 3.57. The lowest BCUT2D eigenvalue weighted by Gasteiger charge is -2.30. The first kappa shape index (κ1) is 17.6. The predicted molar refractivity (Wildman–Crippen MR) is 96.6 cm³/mol. The summed E-state index contributed by atoms with van der Waals surface area (Å²) in [5, 5.41) is 7.46. The molecule has 2 aliphatic heterocycles. The number of ether oxygens (including phenoxy) is 2. The van der Waals surface area contributed by atoms with Crippen LogP contribution in [-0.2, 0) is 34.0 Å². The van der Waals surface area contributed by atoms with E-state index in [1.165, 1.54) is 0 Å². The van der Waals surface area contributed by atoms with Gasteiger partial charge in [-0.05, 0) is 25.8 Å². The molecular formula is C18H24N4O3S. The van der Waals surface area contributed by atoms with Gasteiger partial charge in [0.25, 0.3) is 0 Å². The average molecular weight is 376 g/mol. The van der Waals surface area contributed by atoms with Gasteiger partial charge in [-0.2, -0.15) is 5.10 Å². The van der Waals surface area contributed by atoms with Crippen molar-refractivity contribution >= 4 is 17.2 Å². The molecule has 140 valence electrons. The van der Waals surface area contributed by atoms with E-state index in [4.69, 9.17) is 9.47 Å². The molecule has 0 spiro atoms. The summed E-state index contributed by atoms with van der Waals surface area (Å²) in [4.78, 5) is 19.4. The summed E-state index contributed by atoms with van der Waals surface area (Å²) in [6, 6.07) is 1.98. The number of aryl methyl sites for hydroxylation is 1. The van der Waals surface area contributed by atoms with Crippen LogP contribution in [0.2, 0.25) is 0 Å². The molecule has 0 aromatic carbocycles. The first-order valence-electron chi connectivity index (χ1n) is 9.09. The molecule has 0 radical (unpaired) electrons. The lowest BCUT2D eigenvalue weighted by molar-refractivity contribution is -0.141. The number of carbonyl (C=O) groups excluding carboxylic acids is 1. The second-order valence-electron chi connectivity index (χ2n) is 6.90. The molecule has 1 fully saturated rings. The Labute approximate surface area is 156 Å². The van der Waals surface area contributed by atoms with E-state index in [2.05, 4.69) is 10.1 Å². The number of fused-ring (bicyclic) bond motifs is 1. The Hall–Kier alpha value is -1.77. The predicted octanol–water partition coefficient (Wildman–Crippen LogP) is 2.00. The van der Waals surface area contributed by atoms with Crippen molar-refractivity contribution < 1.29 is 14.3 Å². The second kappa shape index (κ2) is 7.85. The van der Waals surface area contributed by atoms with E-state index in [1.807, 2.05) is 28.0 Å². The van der Waals surface area contributed by atoms with Gasteiger partial charge in [0.05, 0.1) is 42.2 Å². The molecule has 1 saturated heterocycles. The van der Waals surface area contributed by atoms with Crippen LogP contribution in [0.5, 0.6) is 0 Å². The number of amides is 1. The third-order valence-corrected chi connectivity index (χ3v) is 5.80. The Balaban J connectivity index is 1.46. The quantitative estimate of drug-likeness (QED) is 0.816.